The van der Waals surface area contributed by atoms with E-state index in [1.54, 1.807) is 19.0 Å². The SMILES string of the molecule is CC(=O)NCCCCC(C(=O)[15NH]C[13CH2][13C](=O)ON1C(=O)CCC1=O)N(C)[13CH3]. The first-order valence-electron chi connectivity index (χ1n) is 8.97. The normalized spacial score (nSPS) is 15.0. The lowest BCUT2D eigenvalue weighted by atomic mass is 10.1. The molecule has 27 heavy (non-hydrogen) atoms. The van der Waals surface area contributed by atoms with E-state index in [1.807, 2.05) is 0 Å². The molecule has 0 spiro atoms. The zero-order chi connectivity index (χ0) is 20.4. The van der Waals surface area contributed by atoms with Gasteiger partial charge in [-0.1, -0.05) is 0 Å². The van der Waals surface area contributed by atoms with Crippen LogP contribution in [0.1, 0.15) is 45.4 Å². The number of rotatable bonds is 11. The molecule has 1 atom stereocenters. The summed E-state index contributed by atoms with van der Waals surface area (Å²) < 4.78 is 0. The highest BCUT2D eigenvalue weighted by Gasteiger charge is 2.32. The van der Waals surface area contributed by atoms with Gasteiger partial charge in [-0.05, 0) is 33.4 Å². The van der Waals surface area contributed by atoms with Crippen molar-refractivity contribution in [1.82, 2.24) is 20.6 Å². The smallest absolute Gasteiger partial charge is 0.334 e. The molecule has 1 fully saturated rings. The monoisotopic (exact) mass is 388 g/mol. The molecule has 0 aromatic heterocycles. The van der Waals surface area contributed by atoms with E-state index in [2.05, 4.69) is 10.6 Å². The summed E-state index contributed by atoms with van der Waals surface area (Å²) in [7, 11) is 3.58. The number of carbonyl (C=O) groups excluding carboxylic acids is 5. The molecular weight excluding hydrogens is 360 g/mol. The molecule has 2 N–H and O–H groups in total. The van der Waals surface area contributed by atoms with Crippen LogP contribution in [-0.4, -0.2) is 72.8 Å². The fraction of sp³-hybridized carbons (Fsp3) is 0.706. The third kappa shape index (κ3) is 8.16. The summed E-state index contributed by atoms with van der Waals surface area (Å²) in [6, 6.07) is -0.361. The number of hydroxylamine groups is 2. The van der Waals surface area contributed by atoms with Crippen molar-refractivity contribution in [2.24, 2.45) is 0 Å². The molecule has 1 heterocycles. The molecule has 0 aliphatic carbocycles. The second-order valence-corrected chi connectivity index (χ2v) is 6.54. The maximum absolute atomic E-state index is 12.3. The van der Waals surface area contributed by atoms with Gasteiger partial charge in [0.15, 0.2) is 0 Å². The van der Waals surface area contributed by atoms with Crippen LogP contribution in [0.2, 0.25) is 0 Å². The molecule has 0 bridgehead atoms. The van der Waals surface area contributed by atoms with Crippen LogP contribution in [0.5, 0.6) is 0 Å². The number of amides is 4. The van der Waals surface area contributed by atoms with Crippen LogP contribution in [0, 0.1) is 0 Å². The Morgan fingerprint density at radius 1 is 1.07 bits per heavy atom. The number of nitrogens with zero attached hydrogens (tertiary/aromatic N) is 2. The maximum atomic E-state index is 12.3. The van der Waals surface area contributed by atoms with E-state index in [0.717, 1.165) is 12.8 Å². The summed E-state index contributed by atoms with van der Waals surface area (Å²) in [6.07, 6.45) is 2.06. The highest BCUT2D eigenvalue weighted by Crippen LogP contribution is 2.12. The van der Waals surface area contributed by atoms with Crippen LogP contribution in [0.25, 0.3) is 0 Å². The second-order valence-electron chi connectivity index (χ2n) is 6.54. The lowest BCUT2D eigenvalue weighted by Gasteiger charge is -2.23. The summed E-state index contributed by atoms with van der Waals surface area (Å²) in [5, 5.41) is 5.85. The summed E-state index contributed by atoms with van der Waals surface area (Å²) in [5.74, 6) is -2.13. The number of carbonyl (C=O) groups is 5. The first-order chi connectivity index (χ1) is 12.7. The number of hydrogen-bond donors (Lipinski definition) is 2. The number of nitrogens with one attached hydrogen (secondary N) is 2. The molecule has 0 radical (unpaired) electrons. The number of imide groups is 1. The van der Waals surface area contributed by atoms with Gasteiger partial charge in [0.05, 0.1) is 12.5 Å². The third-order valence-corrected chi connectivity index (χ3v) is 4.03. The van der Waals surface area contributed by atoms with Crippen molar-refractivity contribution in [1.29, 1.82) is 0 Å². The van der Waals surface area contributed by atoms with E-state index < -0.39 is 17.8 Å². The van der Waals surface area contributed by atoms with Crippen molar-refractivity contribution < 1.29 is 28.8 Å². The van der Waals surface area contributed by atoms with E-state index >= 15 is 0 Å². The van der Waals surface area contributed by atoms with E-state index in [1.165, 1.54) is 6.92 Å². The van der Waals surface area contributed by atoms with E-state index in [-0.39, 0.29) is 43.7 Å². The molecule has 4 amide bonds. The van der Waals surface area contributed by atoms with Crippen molar-refractivity contribution in [2.45, 2.75) is 51.5 Å². The van der Waals surface area contributed by atoms with E-state index in [0.29, 0.717) is 18.0 Å². The lowest BCUT2D eigenvalue weighted by Crippen LogP contribution is -2.44. The molecule has 1 unspecified atom stereocenters. The Kier molecular flexibility index (Phi) is 9.41. The van der Waals surface area contributed by atoms with Gasteiger partial charge in [-0.15, -0.1) is 5.06 Å². The Bertz CT molecular complexity index is 562. The first kappa shape index (κ1) is 22.6. The Balaban J connectivity index is 2.30. The van der Waals surface area contributed by atoms with Crippen LogP contribution in [0.4, 0.5) is 0 Å². The number of unbranched alkanes of at least 4 members (excludes halogenated alkanes) is 1. The molecule has 0 aromatic rings. The van der Waals surface area contributed by atoms with Gasteiger partial charge >= 0.3 is 5.97 Å². The zero-order valence-electron chi connectivity index (χ0n) is 16.1. The van der Waals surface area contributed by atoms with Crippen molar-refractivity contribution in [3.63, 3.8) is 0 Å². The largest absolute Gasteiger partial charge is 0.356 e. The first-order valence-corrected chi connectivity index (χ1v) is 8.97. The Labute approximate surface area is 158 Å². The van der Waals surface area contributed by atoms with E-state index in [4.69, 9.17) is 4.84 Å². The van der Waals surface area contributed by atoms with Gasteiger partial charge in [-0.3, -0.25) is 24.1 Å². The minimum Gasteiger partial charge on any atom is -0.356 e. The van der Waals surface area contributed by atoms with Crippen LogP contribution in [0.15, 0.2) is 0 Å². The predicted molar refractivity (Wildman–Crippen MR) is 94.8 cm³/mol. The second kappa shape index (κ2) is 11.3. The van der Waals surface area contributed by atoms with Gasteiger partial charge in [0.1, 0.15) is 0 Å². The van der Waals surface area contributed by atoms with Gasteiger partial charge in [0.25, 0.3) is 11.8 Å². The molecule has 1 rings (SSSR count). The van der Waals surface area contributed by atoms with Crippen molar-refractivity contribution >= 4 is 29.6 Å². The molecule has 10 heteroatoms. The van der Waals surface area contributed by atoms with Crippen LogP contribution >= 0.6 is 0 Å². The maximum Gasteiger partial charge on any atom is 0.334 e. The van der Waals surface area contributed by atoms with Gasteiger partial charge in [-0.25, -0.2) is 4.79 Å². The van der Waals surface area contributed by atoms with Crippen molar-refractivity contribution in [3.8, 4) is 0 Å². The topological polar surface area (TPSA) is 125 Å². The summed E-state index contributed by atoms with van der Waals surface area (Å²) in [6.45, 7) is 2.07. The number of hydrogen-bond acceptors (Lipinski definition) is 7. The van der Waals surface area contributed by atoms with Gasteiger partial charge in [0.2, 0.25) is 11.8 Å². The zero-order valence-corrected chi connectivity index (χ0v) is 16.1. The average Bonchev–Trinajstić information content (AvgIpc) is 2.89. The summed E-state index contributed by atoms with van der Waals surface area (Å²) >= 11 is 0. The van der Waals surface area contributed by atoms with Crippen LogP contribution < -0.4 is 10.6 Å². The Morgan fingerprint density at radius 3 is 2.26 bits per heavy atom. The minimum atomic E-state index is -0.754. The molecule has 1 aliphatic rings. The summed E-state index contributed by atoms with van der Waals surface area (Å²) in [5.41, 5.74) is 0. The predicted octanol–water partition coefficient (Wildman–Crippen LogP) is -0.663. The molecule has 0 saturated carbocycles. The van der Waals surface area contributed by atoms with Gasteiger partial charge in [0, 0.05) is 32.9 Å². The fourth-order valence-corrected chi connectivity index (χ4v) is 2.56. The molecule has 10 nitrogen and oxygen atoms in total. The summed E-state index contributed by atoms with van der Waals surface area (Å²) in [4.78, 5) is 64.1. The lowest BCUT2D eigenvalue weighted by molar-refractivity contribution is -0.197. The highest BCUT2D eigenvalue weighted by atomic mass is 16.8. The Hall–Kier alpha value is -2.49. The van der Waals surface area contributed by atoms with Crippen molar-refractivity contribution in [2.75, 3.05) is 27.2 Å². The molecule has 0 aromatic carbocycles. The third-order valence-electron chi connectivity index (χ3n) is 4.03. The van der Waals surface area contributed by atoms with Crippen LogP contribution in [-0.2, 0) is 28.8 Å². The molecular formula is C17H28N4O6. The number of likely N-dealkylation sites (N-methyl/N-ethyl adjacent to an activating group) is 1. The van der Waals surface area contributed by atoms with E-state index in [9.17, 15) is 24.0 Å². The van der Waals surface area contributed by atoms with Crippen molar-refractivity contribution in [3.05, 3.63) is 0 Å². The minimum absolute atomic E-state index is 0.0370. The van der Waals surface area contributed by atoms with Gasteiger partial charge in [-0.2, -0.15) is 0 Å². The fourth-order valence-electron chi connectivity index (χ4n) is 2.56. The van der Waals surface area contributed by atoms with Crippen LogP contribution in [0.3, 0.4) is 0 Å². The van der Waals surface area contributed by atoms with Gasteiger partial charge < -0.3 is 15.5 Å². The average molecular weight is 388 g/mol. The molecule has 1 aliphatic heterocycles. The highest BCUT2D eigenvalue weighted by molar-refractivity contribution is 6.01. The standard InChI is InChI=1S/C17H28N4O6/c1-12(22)18-10-5-4-6-13(20(2)3)17(26)19-11-9-16(25)27-21-14(23)7-8-15(21)24/h13H,4-11H2,1-3H3,(H,18,22)(H,19,26)/i2+1,9+1,16+1,19+1. The molecule has 1 saturated heterocycles. The Morgan fingerprint density at radius 2 is 1.70 bits per heavy atom. The molecule has 152 valence electrons. The quantitative estimate of drug-likeness (QED) is 0.208.